The maximum absolute atomic E-state index is 13.6. The first-order valence-corrected chi connectivity index (χ1v) is 7.42. The van der Waals surface area contributed by atoms with Gasteiger partial charge in [0.1, 0.15) is 5.82 Å². The molecule has 0 saturated heterocycles. The summed E-state index contributed by atoms with van der Waals surface area (Å²) in [5.74, 6) is -0.226. The van der Waals surface area contributed by atoms with Gasteiger partial charge in [-0.3, -0.25) is 0 Å². The third kappa shape index (κ3) is 3.10. The van der Waals surface area contributed by atoms with Crippen LogP contribution in [-0.4, -0.2) is 7.05 Å². The Labute approximate surface area is 128 Å². The number of hydrogen-bond acceptors (Lipinski definition) is 1. The fraction of sp³-hybridized carbons (Fsp3) is 0.294. The number of hydrogen-bond donors (Lipinski definition) is 1. The van der Waals surface area contributed by atoms with E-state index in [9.17, 15) is 4.39 Å². The van der Waals surface area contributed by atoms with E-state index in [1.807, 2.05) is 13.1 Å². The minimum atomic E-state index is -0.226. The average Bonchev–Trinajstić information content (AvgIpc) is 2.35. The lowest BCUT2D eigenvalue weighted by Crippen LogP contribution is -2.19. The van der Waals surface area contributed by atoms with Crippen LogP contribution >= 0.6 is 15.9 Å². The second-order valence-corrected chi connectivity index (χ2v) is 6.13. The molecule has 0 saturated carbocycles. The molecule has 0 spiro atoms. The van der Waals surface area contributed by atoms with Crippen LogP contribution in [-0.2, 0) is 0 Å². The van der Waals surface area contributed by atoms with Crippen LogP contribution in [0.4, 0.5) is 4.39 Å². The number of aryl methyl sites for hydroxylation is 3. The molecule has 1 nitrogen and oxygen atoms in total. The average molecular weight is 336 g/mol. The molecule has 0 aliphatic rings. The normalized spacial score (nSPS) is 12.5. The Morgan fingerprint density at radius 1 is 0.950 bits per heavy atom. The van der Waals surface area contributed by atoms with Crippen LogP contribution in [0.25, 0.3) is 0 Å². The van der Waals surface area contributed by atoms with Crippen LogP contribution in [0.2, 0.25) is 0 Å². The van der Waals surface area contributed by atoms with Gasteiger partial charge in [0.25, 0.3) is 0 Å². The predicted molar refractivity (Wildman–Crippen MR) is 85.7 cm³/mol. The van der Waals surface area contributed by atoms with E-state index in [2.05, 4.69) is 54.2 Å². The topological polar surface area (TPSA) is 12.0 Å². The highest BCUT2D eigenvalue weighted by Crippen LogP contribution is 2.29. The molecular formula is C17H19BrFN. The van der Waals surface area contributed by atoms with Gasteiger partial charge in [-0.05, 0) is 73.8 Å². The molecule has 0 bridgehead atoms. The Morgan fingerprint density at radius 2 is 1.60 bits per heavy atom. The molecule has 1 N–H and O–H groups in total. The van der Waals surface area contributed by atoms with Gasteiger partial charge in [-0.2, -0.15) is 0 Å². The van der Waals surface area contributed by atoms with Gasteiger partial charge in [0.2, 0.25) is 0 Å². The number of nitrogens with one attached hydrogen (secondary N) is 1. The molecule has 2 aromatic carbocycles. The van der Waals surface area contributed by atoms with Gasteiger partial charge in [-0.1, -0.05) is 28.1 Å². The lowest BCUT2D eigenvalue weighted by atomic mass is 9.92. The number of benzene rings is 2. The molecule has 2 aromatic rings. The monoisotopic (exact) mass is 335 g/mol. The zero-order valence-corrected chi connectivity index (χ0v) is 13.8. The smallest absolute Gasteiger partial charge is 0.124 e. The van der Waals surface area contributed by atoms with Gasteiger partial charge in [-0.15, -0.1) is 0 Å². The first kappa shape index (κ1) is 15.2. The van der Waals surface area contributed by atoms with E-state index < -0.39 is 0 Å². The first-order chi connectivity index (χ1) is 9.42. The van der Waals surface area contributed by atoms with Crippen molar-refractivity contribution in [3.63, 3.8) is 0 Å². The zero-order chi connectivity index (χ0) is 14.9. The van der Waals surface area contributed by atoms with E-state index >= 15 is 0 Å². The molecule has 1 atom stereocenters. The summed E-state index contributed by atoms with van der Waals surface area (Å²) < 4.78 is 14.4. The number of halogens is 2. The van der Waals surface area contributed by atoms with Crippen LogP contribution in [0.5, 0.6) is 0 Å². The van der Waals surface area contributed by atoms with Crippen molar-refractivity contribution in [2.24, 2.45) is 0 Å². The quantitative estimate of drug-likeness (QED) is 0.847. The Balaban J connectivity index is 2.55. The van der Waals surface area contributed by atoms with Gasteiger partial charge in [-0.25, -0.2) is 4.39 Å². The van der Waals surface area contributed by atoms with Gasteiger partial charge in [0, 0.05) is 4.47 Å². The molecule has 20 heavy (non-hydrogen) atoms. The first-order valence-electron chi connectivity index (χ1n) is 6.63. The molecule has 0 aliphatic carbocycles. The maximum atomic E-state index is 13.6. The van der Waals surface area contributed by atoms with Crippen molar-refractivity contribution in [3.8, 4) is 0 Å². The third-order valence-electron chi connectivity index (χ3n) is 3.70. The van der Waals surface area contributed by atoms with E-state index in [0.29, 0.717) is 0 Å². The van der Waals surface area contributed by atoms with Crippen molar-refractivity contribution in [2.75, 3.05) is 7.05 Å². The summed E-state index contributed by atoms with van der Waals surface area (Å²) in [5.41, 5.74) is 5.86. The van der Waals surface area contributed by atoms with Gasteiger partial charge < -0.3 is 5.32 Å². The predicted octanol–water partition coefficient (Wildman–Crippen LogP) is 4.82. The van der Waals surface area contributed by atoms with Crippen LogP contribution < -0.4 is 5.32 Å². The Hall–Kier alpha value is -1.19. The SMILES string of the molecule is CNC(c1cc(F)cc(Br)c1)c1cc(C)c(C)cc1C. The van der Waals surface area contributed by atoms with Crippen LogP contribution in [0.3, 0.4) is 0 Å². The molecule has 0 amide bonds. The second-order valence-electron chi connectivity index (χ2n) is 5.22. The van der Waals surface area contributed by atoms with Crippen molar-refractivity contribution in [1.29, 1.82) is 0 Å². The van der Waals surface area contributed by atoms with Crippen LogP contribution in [0.1, 0.15) is 33.9 Å². The summed E-state index contributed by atoms with van der Waals surface area (Å²) in [6.45, 7) is 6.31. The summed E-state index contributed by atoms with van der Waals surface area (Å²) in [6, 6.07) is 9.37. The fourth-order valence-corrected chi connectivity index (χ4v) is 3.02. The van der Waals surface area contributed by atoms with Crippen molar-refractivity contribution in [3.05, 3.63) is 68.4 Å². The summed E-state index contributed by atoms with van der Waals surface area (Å²) in [7, 11) is 1.90. The number of rotatable bonds is 3. The summed E-state index contributed by atoms with van der Waals surface area (Å²) >= 11 is 3.36. The van der Waals surface area contributed by atoms with Crippen molar-refractivity contribution < 1.29 is 4.39 Å². The summed E-state index contributed by atoms with van der Waals surface area (Å²) in [6.07, 6.45) is 0. The van der Waals surface area contributed by atoms with Crippen LogP contribution in [0, 0.1) is 26.6 Å². The minimum Gasteiger partial charge on any atom is -0.309 e. The highest BCUT2D eigenvalue weighted by atomic mass is 79.9. The lowest BCUT2D eigenvalue weighted by Gasteiger charge is -2.21. The standard InChI is InChI=1S/C17H19BrFN/c1-10-5-12(3)16(6-11(10)2)17(20-4)13-7-14(18)9-15(19)8-13/h5-9,17,20H,1-4H3. The third-order valence-corrected chi connectivity index (χ3v) is 4.16. The minimum absolute atomic E-state index is 0.0127. The van der Waals surface area contributed by atoms with E-state index in [0.717, 1.165) is 10.0 Å². The zero-order valence-electron chi connectivity index (χ0n) is 12.2. The molecule has 0 heterocycles. The van der Waals surface area contributed by atoms with Crippen molar-refractivity contribution >= 4 is 15.9 Å². The largest absolute Gasteiger partial charge is 0.309 e. The van der Waals surface area contributed by atoms with E-state index in [1.165, 1.54) is 28.3 Å². The molecule has 1 unspecified atom stereocenters. The van der Waals surface area contributed by atoms with Crippen molar-refractivity contribution in [1.82, 2.24) is 5.32 Å². The van der Waals surface area contributed by atoms with Crippen LogP contribution in [0.15, 0.2) is 34.8 Å². The van der Waals surface area contributed by atoms with Gasteiger partial charge >= 0.3 is 0 Å². The molecule has 106 valence electrons. The van der Waals surface area contributed by atoms with E-state index in [-0.39, 0.29) is 11.9 Å². The Morgan fingerprint density at radius 3 is 2.20 bits per heavy atom. The summed E-state index contributed by atoms with van der Waals surface area (Å²) in [5, 5.41) is 3.29. The van der Waals surface area contributed by atoms with E-state index in [4.69, 9.17) is 0 Å². The molecular weight excluding hydrogens is 317 g/mol. The van der Waals surface area contributed by atoms with Gasteiger partial charge in [0.15, 0.2) is 0 Å². The maximum Gasteiger partial charge on any atom is 0.124 e. The lowest BCUT2D eigenvalue weighted by molar-refractivity contribution is 0.615. The van der Waals surface area contributed by atoms with Crippen molar-refractivity contribution in [2.45, 2.75) is 26.8 Å². The molecule has 0 aliphatic heterocycles. The highest BCUT2D eigenvalue weighted by molar-refractivity contribution is 9.10. The van der Waals surface area contributed by atoms with Gasteiger partial charge in [0.05, 0.1) is 6.04 Å². The molecule has 2 rings (SSSR count). The fourth-order valence-electron chi connectivity index (χ4n) is 2.54. The summed E-state index contributed by atoms with van der Waals surface area (Å²) in [4.78, 5) is 0. The molecule has 0 radical (unpaired) electrons. The molecule has 3 heteroatoms. The second kappa shape index (κ2) is 6.06. The Bertz CT molecular complexity index is 617. The Kier molecular flexibility index (Phi) is 4.61. The highest BCUT2D eigenvalue weighted by Gasteiger charge is 2.16. The molecule has 0 aromatic heterocycles. The molecule has 0 fully saturated rings. The van der Waals surface area contributed by atoms with E-state index in [1.54, 1.807) is 6.07 Å².